The predicted octanol–water partition coefficient (Wildman–Crippen LogP) is 7.03. The van der Waals surface area contributed by atoms with Gasteiger partial charge in [-0.3, -0.25) is 10.2 Å². The Hall–Kier alpha value is -4.96. The first-order valence-corrected chi connectivity index (χ1v) is 12.5. The van der Waals surface area contributed by atoms with E-state index in [1.165, 1.54) is 34.9 Å². The molecule has 5 rings (SSSR count). The summed E-state index contributed by atoms with van der Waals surface area (Å²) in [5.74, 6) is -0.230. The van der Waals surface area contributed by atoms with Crippen LogP contribution in [-0.2, 0) is 6.42 Å². The van der Waals surface area contributed by atoms with Crippen LogP contribution in [0.3, 0.4) is 0 Å². The normalized spacial score (nSPS) is 11.7. The Morgan fingerprint density at radius 2 is 1.70 bits per heavy atom. The van der Waals surface area contributed by atoms with Crippen LogP contribution in [-0.4, -0.2) is 20.9 Å². The lowest BCUT2D eigenvalue weighted by molar-refractivity contribution is 0.536. The van der Waals surface area contributed by atoms with Gasteiger partial charge in [-0.15, -0.1) is 0 Å². The van der Waals surface area contributed by atoms with Crippen LogP contribution in [0.1, 0.15) is 17.4 Å². The molecule has 200 valence electrons. The molecule has 11 heteroatoms. The number of H-pyrrole nitrogens is 1. The minimum absolute atomic E-state index is 0.331. The smallest absolute Gasteiger partial charge is 0.251 e. The second kappa shape index (κ2) is 11.4. The van der Waals surface area contributed by atoms with Gasteiger partial charge in [-0.05, 0) is 77.4 Å². The third-order valence-corrected chi connectivity index (χ3v) is 6.67. The standard InChI is InChI=1S/C29H22ClF2N7O/c30-21-5-10-26(39(17-33)37-34)24(15-21)20-11-12-38(28(40)14-20)27(13-18-1-6-22(31)7-2-18)29-35-16-25(36-29)19-3-8-23(32)9-4-19/h1-12,14-17,27,33-34H,13H2,(H,35,36). The molecule has 0 saturated heterocycles. The number of imidazole rings is 1. The monoisotopic (exact) mass is 557 g/mol. The van der Waals surface area contributed by atoms with E-state index in [2.05, 4.69) is 15.2 Å². The molecular formula is C29H22ClF2N7O. The van der Waals surface area contributed by atoms with Crippen LogP contribution in [0.25, 0.3) is 22.4 Å². The molecule has 0 radical (unpaired) electrons. The van der Waals surface area contributed by atoms with Gasteiger partial charge in [0.15, 0.2) is 0 Å². The number of hydrogen-bond donors (Lipinski definition) is 3. The minimum atomic E-state index is -0.582. The lowest BCUT2D eigenvalue weighted by Gasteiger charge is -2.20. The maximum Gasteiger partial charge on any atom is 0.251 e. The van der Waals surface area contributed by atoms with E-state index < -0.39 is 6.04 Å². The highest BCUT2D eigenvalue weighted by atomic mass is 35.5. The molecule has 0 amide bonds. The summed E-state index contributed by atoms with van der Waals surface area (Å²) in [5.41, 5.74) is 10.6. The second-order valence-corrected chi connectivity index (χ2v) is 9.37. The molecule has 0 aliphatic carbocycles. The highest BCUT2D eigenvalue weighted by Gasteiger charge is 2.21. The highest BCUT2D eigenvalue weighted by molar-refractivity contribution is 6.31. The van der Waals surface area contributed by atoms with Crippen molar-refractivity contribution >= 4 is 23.6 Å². The molecule has 2 heterocycles. The molecule has 0 aliphatic rings. The molecule has 0 spiro atoms. The number of nitrogens with zero attached hydrogens (tertiary/aromatic N) is 4. The second-order valence-electron chi connectivity index (χ2n) is 8.93. The van der Waals surface area contributed by atoms with Crippen molar-refractivity contribution in [1.82, 2.24) is 14.5 Å². The van der Waals surface area contributed by atoms with Crippen LogP contribution in [0, 0.1) is 22.6 Å². The predicted molar refractivity (Wildman–Crippen MR) is 150 cm³/mol. The first-order chi connectivity index (χ1) is 19.4. The number of hydrogen-bond acceptors (Lipinski definition) is 5. The number of benzene rings is 3. The molecule has 8 nitrogen and oxygen atoms in total. The number of pyridine rings is 1. The molecule has 3 aromatic carbocycles. The van der Waals surface area contributed by atoms with Gasteiger partial charge in [0.1, 0.15) is 23.8 Å². The number of halogens is 3. The van der Waals surface area contributed by atoms with Crippen molar-refractivity contribution in [1.29, 1.82) is 10.9 Å². The summed E-state index contributed by atoms with van der Waals surface area (Å²) in [7, 11) is 0. The fourth-order valence-corrected chi connectivity index (χ4v) is 4.63. The minimum Gasteiger partial charge on any atom is -0.340 e. The molecule has 1 atom stereocenters. The van der Waals surface area contributed by atoms with Crippen molar-refractivity contribution in [2.45, 2.75) is 12.5 Å². The number of aromatic nitrogens is 3. The fraction of sp³-hybridized carbons (Fsp3) is 0.0690. The molecular weight excluding hydrogens is 536 g/mol. The molecule has 0 bridgehead atoms. The summed E-state index contributed by atoms with van der Waals surface area (Å²) in [6, 6.07) is 19.4. The van der Waals surface area contributed by atoms with Crippen LogP contribution in [0.4, 0.5) is 14.5 Å². The summed E-state index contributed by atoms with van der Waals surface area (Å²) in [6.07, 6.45) is 4.46. The number of nitrogens with one attached hydrogen (secondary N) is 3. The van der Waals surface area contributed by atoms with Crippen molar-refractivity contribution in [2.75, 3.05) is 5.01 Å². The van der Waals surface area contributed by atoms with Gasteiger partial charge in [-0.1, -0.05) is 29.0 Å². The van der Waals surface area contributed by atoms with Crippen LogP contribution in [0.2, 0.25) is 5.02 Å². The Morgan fingerprint density at radius 3 is 2.35 bits per heavy atom. The van der Waals surface area contributed by atoms with Crippen LogP contribution in [0.15, 0.2) is 101 Å². The molecule has 0 saturated carbocycles. The molecule has 3 N–H and O–H groups in total. The third kappa shape index (κ3) is 5.57. The lowest BCUT2D eigenvalue weighted by atomic mass is 10.0. The van der Waals surface area contributed by atoms with Crippen molar-refractivity contribution in [3.63, 3.8) is 0 Å². The Balaban J connectivity index is 1.58. The number of aromatic amines is 1. The molecule has 2 aromatic heterocycles. The van der Waals surface area contributed by atoms with Crippen LogP contribution in [0.5, 0.6) is 0 Å². The zero-order valence-electron chi connectivity index (χ0n) is 20.9. The molecule has 0 fully saturated rings. The van der Waals surface area contributed by atoms with Gasteiger partial charge in [0.05, 0.1) is 23.6 Å². The van der Waals surface area contributed by atoms with Crippen molar-refractivity contribution in [3.05, 3.63) is 130 Å². The molecule has 5 aromatic rings. The Morgan fingerprint density at radius 1 is 1.00 bits per heavy atom. The van der Waals surface area contributed by atoms with E-state index in [1.807, 2.05) is 0 Å². The maximum atomic E-state index is 13.6. The third-order valence-electron chi connectivity index (χ3n) is 6.44. The van der Waals surface area contributed by atoms with Crippen LogP contribution >= 0.6 is 11.6 Å². The van der Waals surface area contributed by atoms with Gasteiger partial charge in [0, 0.05) is 29.3 Å². The lowest BCUT2D eigenvalue weighted by Crippen LogP contribution is -2.27. The Labute approximate surface area is 232 Å². The number of rotatable bonds is 9. The summed E-state index contributed by atoms with van der Waals surface area (Å²) < 4.78 is 28.5. The van der Waals surface area contributed by atoms with Gasteiger partial charge in [-0.2, -0.15) is 5.53 Å². The average Bonchev–Trinajstić information content (AvgIpc) is 3.45. The zero-order chi connectivity index (χ0) is 28.2. The topological polar surface area (TPSA) is 114 Å². The molecule has 1 unspecified atom stereocenters. The maximum absolute atomic E-state index is 13.6. The Kier molecular flexibility index (Phi) is 7.61. The van der Waals surface area contributed by atoms with Gasteiger partial charge in [0.2, 0.25) is 0 Å². The van der Waals surface area contributed by atoms with E-state index in [4.69, 9.17) is 22.5 Å². The van der Waals surface area contributed by atoms with Crippen molar-refractivity contribution in [3.8, 4) is 22.4 Å². The first kappa shape index (κ1) is 26.6. The highest BCUT2D eigenvalue weighted by Crippen LogP contribution is 2.33. The number of anilines is 1. The SMILES string of the molecule is N=CN(N=N)c1ccc(Cl)cc1-c1ccn(C(Cc2ccc(F)cc2)c2ncc(-c3ccc(F)cc3)[nH]2)c(=O)c1. The van der Waals surface area contributed by atoms with Gasteiger partial charge in [-0.25, -0.2) is 18.8 Å². The first-order valence-electron chi connectivity index (χ1n) is 12.1. The van der Waals surface area contributed by atoms with E-state index in [0.717, 1.165) is 22.5 Å². The van der Waals surface area contributed by atoms with Gasteiger partial charge >= 0.3 is 0 Å². The summed E-state index contributed by atoms with van der Waals surface area (Å²) in [4.78, 5) is 21.3. The van der Waals surface area contributed by atoms with E-state index >= 15 is 0 Å². The quantitative estimate of drug-likeness (QED) is 0.0782. The Bertz CT molecular complexity index is 1730. The van der Waals surface area contributed by atoms with Crippen LogP contribution < -0.4 is 10.6 Å². The molecule has 40 heavy (non-hydrogen) atoms. The largest absolute Gasteiger partial charge is 0.340 e. The van der Waals surface area contributed by atoms with Gasteiger partial charge < -0.3 is 9.55 Å². The average molecular weight is 558 g/mol. The summed E-state index contributed by atoms with van der Waals surface area (Å²) >= 11 is 6.23. The van der Waals surface area contributed by atoms with Crippen molar-refractivity contribution in [2.24, 2.45) is 5.22 Å². The fourth-order valence-electron chi connectivity index (χ4n) is 4.46. The van der Waals surface area contributed by atoms with E-state index in [0.29, 0.717) is 39.8 Å². The molecule has 0 aliphatic heterocycles. The van der Waals surface area contributed by atoms with E-state index in [1.54, 1.807) is 60.9 Å². The zero-order valence-corrected chi connectivity index (χ0v) is 21.6. The summed E-state index contributed by atoms with van der Waals surface area (Å²) in [6.45, 7) is 0. The van der Waals surface area contributed by atoms with Gasteiger partial charge in [0.25, 0.3) is 5.56 Å². The van der Waals surface area contributed by atoms with E-state index in [9.17, 15) is 13.6 Å². The van der Waals surface area contributed by atoms with Crippen molar-refractivity contribution < 1.29 is 8.78 Å². The summed E-state index contributed by atoms with van der Waals surface area (Å²) in [5, 5.41) is 12.4. The van der Waals surface area contributed by atoms with E-state index in [-0.39, 0.29) is 17.2 Å².